The van der Waals surface area contributed by atoms with Crippen molar-refractivity contribution in [2.75, 3.05) is 0 Å². The molecule has 0 unspecified atom stereocenters. The van der Waals surface area contributed by atoms with Crippen LogP contribution in [0.15, 0.2) is 42.5 Å². The predicted octanol–water partition coefficient (Wildman–Crippen LogP) is 5.72. The second-order valence-electron chi connectivity index (χ2n) is 4.21. The maximum absolute atomic E-state index is 6.06. The van der Waals surface area contributed by atoms with E-state index in [1.807, 2.05) is 30.3 Å². The van der Waals surface area contributed by atoms with Crippen molar-refractivity contribution in [1.82, 2.24) is 9.55 Å². The second kappa shape index (κ2) is 5.30. The van der Waals surface area contributed by atoms with Crippen molar-refractivity contribution in [2.45, 2.75) is 0 Å². The number of aromatic nitrogens is 2. The van der Waals surface area contributed by atoms with E-state index >= 15 is 0 Å². The molecule has 2 aromatic carbocycles. The number of nitrogens with zero attached hydrogens (tertiary/aromatic N) is 1. The minimum Gasteiger partial charge on any atom is -0.331 e. The Hall–Kier alpha value is -1.20. The van der Waals surface area contributed by atoms with E-state index in [1.165, 1.54) is 0 Å². The van der Waals surface area contributed by atoms with E-state index in [0.717, 1.165) is 16.6 Å². The van der Waals surface area contributed by atoms with Crippen molar-refractivity contribution in [2.24, 2.45) is 0 Å². The molecule has 0 aliphatic rings. The molecule has 3 aromatic rings. The molecule has 0 spiro atoms. The van der Waals surface area contributed by atoms with Gasteiger partial charge in [-0.25, -0.2) is 0 Å². The van der Waals surface area contributed by atoms with Gasteiger partial charge in [-0.3, -0.25) is 4.57 Å². The quantitative estimate of drug-likeness (QED) is 0.572. The zero-order chi connectivity index (χ0) is 14.3. The summed E-state index contributed by atoms with van der Waals surface area (Å²) in [6.07, 6.45) is 0. The number of para-hydroxylation sites is 1. The lowest BCUT2D eigenvalue weighted by atomic mass is 10.2. The minimum absolute atomic E-state index is 0.466. The van der Waals surface area contributed by atoms with Gasteiger partial charge in [0.2, 0.25) is 0 Å². The van der Waals surface area contributed by atoms with Gasteiger partial charge in [0.15, 0.2) is 4.77 Å². The maximum atomic E-state index is 6.06. The highest BCUT2D eigenvalue weighted by molar-refractivity contribution is 7.72. The Morgan fingerprint density at radius 3 is 2.45 bits per heavy atom. The summed E-state index contributed by atoms with van der Waals surface area (Å²) >= 11 is 22.9. The molecule has 2 nitrogen and oxygen atoms in total. The van der Waals surface area contributed by atoms with Gasteiger partial charge in [0.1, 0.15) is 4.64 Å². The van der Waals surface area contributed by atoms with Gasteiger partial charge >= 0.3 is 0 Å². The number of H-pyrrole nitrogens is 1. The molecule has 0 fully saturated rings. The van der Waals surface area contributed by atoms with Crippen LogP contribution in [-0.2, 0) is 0 Å². The first-order chi connectivity index (χ1) is 9.58. The first-order valence-corrected chi connectivity index (χ1v) is 7.34. The molecule has 100 valence electrons. The third kappa shape index (κ3) is 2.29. The normalized spacial score (nSPS) is 10.9. The predicted molar refractivity (Wildman–Crippen MR) is 89.3 cm³/mol. The molecule has 0 atom stereocenters. The van der Waals surface area contributed by atoms with E-state index in [2.05, 4.69) is 4.98 Å². The number of hydrogen-bond acceptors (Lipinski definition) is 2. The zero-order valence-corrected chi connectivity index (χ0v) is 13.2. The SMILES string of the molecule is S=c1[nH]c2ccccc2c(=S)n1-c1ccc(Cl)c(Cl)c1. The van der Waals surface area contributed by atoms with E-state index in [0.29, 0.717) is 19.5 Å². The van der Waals surface area contributed by atoms with Crippen LogP contribution in [0.2, 0.25) is 10.0 Å². The van der Waals surface area contributed by atoms with Crippen LogP contribution in [0, 0.1) is 9.41 Å². The molecule has 20 heavy (non-hydrogen) atoms. The molecule has 1 heterocycles. The van der Waals surface area contributed by atoms with Crippen LogP contribution in [0.4, 0.5) is 0 Å². The number of hydrogen-bond donors (Lipinski definition) is 1. The molecule has 0 aliphatic heterocycles. The first-order valence-electron chi connectivity index (χ1n) is 5.77. The Morgan fingerprint density at radius 1 is 0.950 bits per heavy atom. The summed E-state index contributed by atoms with van der Waals surface area (Å²) in [5.74, 6) is 0. The summed E-state index contributed by atoms with van der Waals surface area (Å²) in [6, 6.07) is 13.1. The van der Waals surface area contributed by atoms with Gasteiger partial charge in [-0.15, -0.1) is 0 Å². The van der Waals surface area contributed by atoms with Gasteiger partial charge in [0, 0.05) is 5.39 Å². The van der Waals surface area contributed by atoms with E-state index in [-0.39, 0.29) is 0 Å². The van der Waals surface area contributed by atoms with Gasteiger partial charge in [0.05, 0.1) is 21.2 Å². The van der Waals surface area contributed by atoms with E-state index in [9.17, 15) is 0 Å². The summed E-state index contributed by atoms with van der Waals surface area (Å²) in [5.41, 5.74) is 1.70. The molecular formula is C14H8Cl2N2S2. The van der Waals surface area contributed by atoms with Crippen molar-refractivity contribution in [3.05, 3.63) is 61.9 Å². The fourth-order valence-electron chi connectivity index (χ4n) is 2.02. The van der Waals surface area contributed by atoms with Crippen LogP contribution < -0.4 is 0 Å². The summed E-state index contributed by atoms with van der Waals surface area (Å²) < 4.78 is 2.93. The zero-order valence-electron chi connectivity index (χ0n) is 10.1. The molecule has 3 rings (SSSR count). The Bertz CT molecular complexity index is 928. The summed E-state index contributed by atoms with van der Waals surface area (Å²) in [4.78, 5) is 3.17. The summed E-state index contributed by atoms with van der Waals surface area (Å²) in [7, 11) is 0. The van der Waals surface area contributed by atoms with Gasteiger partial charge in [-0.2, -0.15) is 0 Å². The number of aromatic amines is 1. The van der Waals surface area contributed by atoms with Crippen molar-refractivity contribution in [1.29, 1.82) is 0 Å². The molecule has 1 aromatic heterocycles. The Balaban J connectivity index is 2.39. The average molecular weight is 339 g/mol. The fraction of sp³-hybridized carbons (Fsp3) is 0. The van der Waals surface area contributed by atoms with Crippen LogP contribution in [0.5, 0.6) is 0 Å². The summed E-state index contributed by atoms with van der Waals surface area (Å²) in [6.45, 7) is 0. The monoisotopic (exact) mass is 338 g/mol. The third-order valence-electron chi connectivity index (χ3n) is 2.97. The Morgan fingerprint density at radius 2 is 1.70 bits per heavy atom. The van der Waals surface area contributed by atoms with Crippen molar-refractivity contribution in [3.8, 4) is 5.69 Å². The highest BCUT2D eigenvalue weighted by Crippen LogP contribution is 2.25. The smallest absolute Gasteiger partial charge is 0.183 e. The second-order valence-corrected chi connectivity index (χ2v) is 5.80. The lowest BCUT2D eigenvalue weighted by Crippen LogP contribution is -2.02. The lowest BCUT2D eigenvalue weighted by Gasteiger charge is -2.10. The third-order valence-corrected chi connectivity index (χ3v) is 4.39. The number of fused-ring (bicyclic) bond motifs is 1. The molecular weight excluding hydrogens is 331 g/mol. The van der Waals surface area contributed by atoms with Crippen LogP contribution in [0.1, 0.15) is 0 Å². The molecule has 6 heteroatoms. The summed E-state index contributed by atoms with van der Waals surface area (Å²) in [5, 5.41) is 1.90. The topological polar surface area (TPSA) is 20.7 Å². The molecule has 0 radical (unpaired) electrons. The number of rotatable bonds is 1. The van der Waals surface area contributed by atoms with Gasteiger partial charge in [0.25, 0.3) is 0 Å². The van der Waals surface area contributed by atoms with Crippen LogP contribution in [0.25, 0.3) is 16.6 Å². The highest BCUT2D eigenvalue weighted by Gasteiger charge is 2.06. The molecule has 0 amide bonds. The highest BCUT2D eigenvalue weighted by atomic mass is 35.5. The first kappa shape index (κ1) is 13.8. The van der Waals surface area contributed by atoms with E-state index in [4.69, 9.17) is 47.6 Å². The molecule has 0 saturated heterocycles. The Labute approximate surface area is 135 Å². The van der Waals surface area contributed by atoms with Crippen molar-refractivity contribution in [3.63, 3.8) is 0 Å². The van der Waals surface area contributed by atoms with Crippen molar-refractivity contribution < 1.29 is 0 Å². The van der Waals surface area contributed by atoms with Crippen LogP contribution in [-0.4, -0.2) is 9.55 Å². The molecule has 1 N–H and O–H groups in total. The minimum atomic E-state index is 0.466. The standard InChI is InChI=1S/C14H8Cl2N2S2/c15-10-6-5-8(7-11(10)16)18-13(19)9-3-1-2-4-12(9)17-14(18)20/h1-7H,(H,17,20). The van der Waals surface area contributed by atoms with Crippen molar-refractivity contribution >= 4 is 58.5 Å². The van der Waals surface area contributed by atoms with Gasteiger partial charge in [-0.1, -0.05) is 47.6 Å². The largest absolute Gasteiger partial charge is 0.331 e. The van der Waals surface area contributed by atoms with Crippen LogP contribution in [0.3, 0.4) is 0 Å². The van der Waals surface area contributed by atoms with Gasteiger partial charge < -0.3 is 4.98 Å². The molecule has 0 saturated carbocycles. The van der Waals surface area contributed by atoms with Gasteiger partial charge in [-0.05, 0) is 42.5 Å². The number of nitrogens with one attached hydrogen (secondary N) is 1. The fourth-order valence-corrected chi connectivity index (χ4v) is 3.05. The average Bonchev–Trinajstić information content (AvgIpc) is 2.43. The van der Waals surface area contributed by atoms with E-state index in [1.54, 1.807) is 16.7 Å². The Kier molecular flexibility index (Phi) is 3.65. The number of halogens is 2. The lowest BCUT2D eigenvalue weighted by molar-refractivity contribution is 0.967. The number of benzene rings is 2. The molecule has 0 bridgehead atoms. The van der Waals surface area contributed by atoms with Crippen LogP contribution >= 0.6 is 47.6 Å². The molecule has 0 aliphatic carbocycles. The maximum Gasteiger partial charge on any atom is 0.183 e. The van der Waals surface area contributed by atoms with E-state index < -0.39 is 0 Å².